The van der Waals surface area contributed by atoms with E-state index in [-0.39, 0.29) is 12.2 Å². The highest BCUT2D eigenvalue weighted by atomic mass is 16.6. The van der Waals surface area contributed by atoms with E-state index in [1.54, 1.807) is 4.90 Å². The van der Waals surface area contributed by atoms with E-state index in [9.17, 15) is 4.79 Å². The Labute approximate surface area is 130 Å². The highest BCUT2D eigenvalue weighted by molar-refractivity contribution is 5.83. The fourth-order valence-corrected chi connectivity index (χ4v) is 2.42. The number of nitrogens with zero attached hydrogens (tertiary/aromatic N) is 1. The summed E-state index contributed by atoms with van der Waals surface area (Å²) in [5, 5.41) is 2.35. The molecule has 1 amide bonds. The van der Waals surface area contributed by atoms with Crippen molar-refractivity contribution in [3.05, 3.63) is 42.5 Å². The van der Waals surface area contributed by atoms with Crippen molar-refractivity contribution in [1.29, 1.82) is 0 Å². The molecule has 0 N–H and O–H groups in total. The van der Waals surface area contributed by atoms with E-state index in [1.165, 1.54) is 5.39 Å². The van der Waals surface area contributed by atoms with Crippen LogP contribution in [0, 0.1) is 0 Å². The Morgan fingerprint density at radius 2 is 1.77 bits per heavy atom. The number of hydrogen-bond acceptors (Lipinski definition) is 3. The predicted octanol–water partition coefficient (Wildman–Crippen LogP) is 3.84. The number of amides is 1. The molecule has 0 unspecified atom stereocenters. The van der Waals surface area contributed by atoms with Crippen LogP contribution in [0.25, 0.3) is 10.8 Å². The van der Waals surface area contributed by atoms with E-state index in [4.69, 9.17) is 9.47 Å². The third kappa shape index (κ3) is 3.32. The normalized spacial score (nSPS) is 15.5. The molecule has 1 aliphatic rings. The first-order chi connectivity index (χ1) is 10.4. The lowest BCUT2D eigenvalue weighted by molar-refractivity contribution is -0.0221. The molecule has 2 aromatic carbocycles. The molecule has 1 saturated heterocycles. The number of ether oxygens (including phenoxy) is 2. The molecule has 0 saturated carbocycles. The molecule has 3 rings (SSSR count). The Morgan fingerprint density at radius 3 is 2.45 bits per heavy atom. The molecule has 0 aliphatic carbocycles. The summed E-state index contributed by atoms with van der Waals surface area (Å²) in [5.74, 6) is 0.840. The molecular weight excluding hydrogens is 278 g/mol. The summed E-state index contributed by atoms with van der Waals surface area (Å²) in [6, 6.07) is 14.2. The third-order valence-corrected chi connectivity index (χ3v) is 3.52. The van der Waals surface area contributed by atoms with Gasteiger partial charge in [0.15, 0.2) is 0 Å². The Balaban J connectivity index is 1.56. The second kappa shape index (κ2) is 5.52. The first-order valence-corrected chi connectivity index (χ1v) is 7.54. The zero-order valence-corrected chi connectivity index (χ0v) is 13.2. The minimum atomic E-state index is -0.457. The minimum Gasteiger partial charge on any atom is -0.487 e. The van der Waals surface area contributed by atoms with Crippen LogP contribution in [0.1, 0.15) is 20.8 Å². The number of benzene rings is 2. The summed E-state index contributed by atoms with van der Waals surface area (Å²) >= 11 is 0. The molecule has 1 fully saturated rings. The molecule has 0 atom stereocenters. The molecule has 0 bridgehead atoms. The van der Waals surface area contributed by atoms with Gasteiger partial charge in [-0.3, -0.25) is 0 Å². The quantitative estimate of drug-likeness (QED) is 0.845. The smallest absolute Gasteiger partial charge is 0.410 e. The van der Waals surface area contributed by atoms with Crippen LogP contribution in [0.4, 0.5) is 4.79 Å². The number of rotatable bonds is 2. The maximum atomic E-state index is 11.9. The summed E-state index contributed by atoms with van der Waals surface area (Å²) in [7, 11) is 0. The van der Waals surface area contributed by atoms with Crippen LogP contribution < -0.4 is 4.74 Å². The molecule has 4 heteroatoms. The molecule has 4 nitrogen and oxygen atoms in total. The maximum Gasteiger partial charge on any atom is 0.410 e. The highest BCUT2D eigenvalue weighted by Gasteiger charge is 2.35. The van der Waals surface area contributed by atoms with Gasteiger partial charge in [0, 0.05) is 0 Å². The van der Waals surface area contributed by atoms with Gasteiger partial charge in [-0.25, -0.2) is 4.79 Å². The largest absolute Gasteiger partial charge is 0.487 e. The van der Waals surface area contributed by atoms with Gasteiger partial charge in [-0.15, -0.1) is 0 Å². The standard InChI is InChI=1S/C18H21NO3/c1-18(2,3)22-17(20)19-11-16(12-19)21-15-9-8-13-6-4-5-7-14(13)10-15/h4-10,16H,11-12H2,1-3H3. The summed E-state index contributed by atoms with van der Waals surface area (Å²) in [5.41, 5.74) is -0.457. The van der Waals surface area contributed by atoms with Crippen molar-refractivity contribution >= 4 is 16.9 Å². The van der Waals surface area contributed by atoms with E-state index in [2.05, 4.69) is 18.2 Å². The van der Waals surface area contributed by atoms with Crippen molar-refractivity contribution < 1.29 is 14.3 Å². The van der Waals surface area contributed by atoms with Gasteiger partial charge in [0.2, 0.25) is 0 Å². The van der Waals surface area contributed by atoms with Crippen molar-refractivity contribution in [1.82, 2.24) is 4.90 Å². The van der Waals surface area contributed by atoms with Crippen molar-refractivity contribution in [3.63, 3.8) is 0 Å². The van der Waals surface area contributed by atoms with Gasteiger partial charge in [0.25, 0.3) is 0 Å². The lowest BCUT2D eigenvalue weighted by atomic mass is 10.1. The van der Waals surface area contributed by atoms with Gasteiger partial charge in [0.1, 0.15) is 17.5 Å². The van der Waals surface area contributed by atoms with Crippen molar-refractivity contribution in [2.45, 2.75) is 32.5 Å². The minimum absolute atomic E-state index is 0.0358. The fraction of sp³-hybridized carbons (Fsp3) is 0.389. The molecule has 116 valence electrons. The van der Waals surface area contributed by atoms with Gasteiger partial charge in [-0.2, -0.15) is 0 Å². The van der Waals surface area contributed by atoms with Crippen LogP contribution in [-0.4, -0.2) is 35.8 Å². The van der Waals surface area contributed by atoms with Crippen LogP contribution in [0.2, 0.25) is 0 Å². The van der Waals surface area contributed by atoms with E-state index in [0.717, 1.165) is 11.1 Å². The SMILES string of the molecule is CC(C)(C)OC(=O)N1CC(Oc2ccc3ccccc3c2)C1. The summed E-state index contributed by atoms with van der Waals surface area (Å²) in [4.78, 5) is 13.5. The lowest BCUT2D eigenvalue weighted by Crippen LogP contribution is -2.57. The molecular formula is C18H21NO3. The number of likely N-dealkylation sites (tertiary alicyclic amines) is 1. The van der Waals surface area contributed by atoms with Crippen molar-refractivity contribution in [3.8, 4) is 5.75 Å². The number of hydrogen-bond donors (Lipinski definition) is 0. The van der Waals surface area contributed by atoms with E-state index in [1.807, 2.05) is 45.0 Å². The molecule has 0 spiro atoms. The van der Waals surface area contributed by atoms with Crippen molar-refractivity contribution in [2.75, 3.05) is 13.1 Å². The van der Waals surface area contributed by atoms with Crippen LogP contribution >= 0.6 is 0 Å². The zero-order valence-electron chi connectivity index (χ0n) is 13.2. The van der Waals surface area contributed by atoms with Crippen LogP contribution in [0.3, 0.4) is 0 Å². The van der Waals surface area contributed by atoms with Crippen molar-refractivity contribution in [2.24, 2.45) is 0 Å². The Hall–Kier alpha value is -2.23. The Morgan fingerprint density at radius 1 is 1.09 bits per heavy atom. The maximum absolute atomic E-state index is 11.9. The molecule has 0 aromatic heterocycles. The van der Waals surface area contributed by atoms with Gasteiger partial charge >= 0.3 is 6.09 Å². The van der Waals surface area contributed by atoms with Crippen LogP contribution in [0.15, 0.2) is 42.5 Å². The fourth-order valence-electron chi connectivity index (χ4n) is 2.42. The van der Waals surface area contributed by atoms with E-state index in [0.29, 0.717) is 13.1 Å². The molecule has 1 aliphatic heterocycles. The monoisotopic (exact) mass is 299 g/mol. The second-order valence-corrected chi connectivity index (χ2v) is 6.63. The highest BCUT2D eigenvalue weighted by Crippen LogP contribution is 2.24. The Bertz CT molecular complexity index is 684. The zero-order chi connectivity index (χ0) is 15.7. The average molecular weight is 299 g/mol. The van der Waals surface area contributed by atoms with Gasteiger partial charge in [-0.1, -0.05) is 30.3 Å². The lowest BCUT2D eigenvalue weighted by Gasteiger charge is -2.39. The molecule has 2 aromatic rings. The average Bonchev–Trinajstić information content (AvgIpc) is 2.40. The number of carbonyl (C=O) groups is 1. The number of carbonyl (C=O) groups excluding carboxylic acids is 1. The number of fused-ring (bicyclic) bond motifs is 1. The summed E-state index contributed by atoms with van der Waals surface area (Å²) in [6.45, 7) is 6.75. The van der Waals surface area contributed by atoms with Crippen LogP contribution in [0.5, 0.6) is 5.75 Å². The van der Waals surface area contributed by atoms with E-state index < -0.39 is 5.60 Å². The molecule has 22 heavy (non-hydrogen) atoms. The van der Waals surface area contributed by atoms with Crippen LogP contribution in [-0.2, 0) is 4.74 Å². The van der Waals surface area contributed by atoms with Gasteiger partial charge in [0.05, 0.1) is 13.1 Å². The van der Waals surface area contributed by atoms with Gasteiger partial charge < -0.3 is 14.4 Å². The summed E-state index contributed by atoms with van der Waals surface area (Å²) in [6.07, 6.45) is -0.237. The third-order valence-electron chi connectivity index (χ3n) is 3.52. The Kier molecular flexibility index (Phi) is 3.69. The predicted molar refractivity (Wildman–Crippen MR) is 86.2 cm³/mol. The first-order valence-electron chi connectivity index (χ1n) is 7.54. The molecule has 1 heterocycles. The summed E-state index contributed by atoms with van der Waals surface area (Å²) < 4.78 is 11.2. The second-order valence-electron chi connectivity index (χ2n) is 6.63. The van der Waals surface area contributed by atoms with E-state index >= 15 is 0 Å². The topological polar surface area (TPSA) is 38.8 Å². The molecule has 0 radical (unpaired) electrons. The van der Waals surface area contributed by atoms with Gasteiger partial charge in [-0.05, 0) is 43.7 Å². The first kappa shape index (κ1) is 14.7.